The second-order valence-electron chi connectivity index (χ2n) is 5.25. The summed E-state index contributed by atoms with van der Waals surface area (Å²) in [5.41, 5.74) is 1.61. The highest BCUT2D eigenvalue weighted by Crippen LogP contribution is 2.49. The van der Waals surface area contributed by atoms with Crippen LogP contribution in [-0.4, -0.2) is 17.8 Å². The molecule has 19 heavy (non-hydrogen) atoms. The number of hydrogen-bond acceptors (Lipinski definition) is 3. The van der Waals surface area contributed by atoms with Gasteiger partial charge in [-0.2, -0.15) is 0 Å². The second kappa shape index (κ2) is 3.66. The third kappa shape index (κ3) is 1.58. The lowest BCUT2D eigenvalue weighted by Crippen LogP contribution is -2.59. The van der Waals surface area contributed by atoms with Gasteiger partial charge in [0.1, 0.15) is 5.41 Å². The minimum absolute atomic E-state index is 0.399. The van der Waals surface area contributed by atoms with Crippen molar-refractivity contribution in [1.82, 2.24) is 5.32 Å². The zero-order valence-corrected chi connectivity index (χ0v) is 10.8. The van der Waals surface area contributed by atoms with E-state index in [-0.39, 0.29) is 0 Å². The SMILES string of the molecule is Cc1ccc(N2C(=O)NC(=O)C3(CC3)C2=O)cc1C. The molecule has 1 spiro atoms. The molecule has 0 atom stereocenters. The van der Waals surface area contributed by atoms with E-state index in [0.29, 0.717) is 18.5 Å². The Morgan fingerprint density at radius 2 is 1.79 bits per heavy atom. The molecule has 1 aromatic carbocycles. The number of barbiturate groups is 1. The molecule has 0 bridgehead atoms. The Morgan fingerprint density at radius 3 is 2.37 bits per heavy atom. The predicted molar refractivity (Wildman–Crippen MR) is 68.6 cm³/mol. The van der Waals surface area contributed by atoms with E-state index in [1.165, 1.54) is 0 Å². The molecule has 5 nitrogen and oxygen atoms in total. The summed E-state index contributed by atoms with van der Waals surface area (Å²) < 4.78 is 0. The van der Waals surface area contributed by atoms with Crippen molar-refractivity contribution < 1.29 is 14.4 Å². The molecule has 1 aromatic rings. The van der Waals surface area contributed by atoms with Crippen molar-refractivity contribution in [3.05, 3.63) is 29.3 Å². The molecular weight excluding hydrogens is 244 g/mol. The van der Waals surface area contributed by atoms with E-state index in [9.17, 15) is 14.4 Å². The summed E-state index contributed by atoms with van der Waals surface area (Å²) in [6.45, 7) is 3.88. The van der Waals surface area contributed by atoms with E-state index in [4.69, 9.17) is 0 Å². The van der Waals surface area contributed by atoms with Crippen molar-refractivity contribution in [2.75, 3.05) is 4.90 Å². The second-order valence-corrected chi connectivity index (χ2v) is 5.25. The number of aryl methyl sites for hydroxylation is 2. The van der Waals surface area contributed by atoms with Gasteiger partial charge in [0.05, 0.1) is 5.69 Å². The average Bonchev–Trinajstić information content (AvgIpc) is 3.13. The van der Waals surface area contributed by atoms with Gasteiger partial charge < -0.3 is 0 Å². The third-order valence-corrected chi connectivity index (χ3v) is 3.97. The smallest absolute Gasteiger partial charge is 0.276 e. The van der Waals surface area contributed by atoms with E-state index in [0.717, 1.165) is 16.0 Å². The quantitative estimate of drug-likeness (QED) is 0.779. The van der Waals surface area contributed by atoms with Crippen molar-refractivity contribution in [2.24, 2.45) is 5.41 Å². The molecule has 3 rings (SSSR count). The first-order chi connectivity index (χ1) is 8.95. The van der Waals surface area contributed by atoms with Crippen LogP contribution in [0, 0.1) is 19.3 Å². The molecule has 1 heterocycles. The van der Waals surface area contributed by atoms with Crippen molar-refractivity contribution in [3.8, 4) is 0 Å². The predicted octanol–water partition coefficient (Wildman–Crippen LogP) is 1.67. The molecule has 0 unspecified atom stereocenters. The number of urea groups is 1. The van der Waals surface area contributed by atoms with Crippen molar-refractivity contribution in [2.45, 2.75) is 26.7 Å². The van der Waals surface area contributed by atoms with Gasteiger partial charge in [-0.25, -0.2) is 9.69 Å². The Bertz CT molecular complexity index is 617. The first-order valence-electron chi connectivity index (χ1n) is 6.23. The summed E-state index contributed by atoms with van der Waals surface area (Å²) in [5, 5.41) is 2.27. The van der Waals surface area contributed by atoms with Crippen LogP contribution in [0.5, 0.6) is 0 Å². The fourth-order valence-corrected chi connectivity index (χ4v) is 2.34. The monoisotopic (exact) mass is 258 g/mol. The van der Waals surface area contributed by atoms with Gasteiger partial charge in [0.25, 0.3) is 5.91 Å². The molecule has 2 fully saturated rings. The van der Waals surface area contributed by atoms with Crippen LogP contribution in [-0.2, 0) is 9.59 Å². The molecule has 1 aliphatic heterocycles. The Balaban J connectivity index is 2.03. The van der Waals surface area contributed by atoms with E-state index in [2.05, 4.69) is 5.32 Å². The fraction of sp³-hybridized carbons (Fsp3) is 0.357. The Hall–Kier alpha value is -2.17. The zero-order valence-electron chi connectivity index (χ0n) is 10.8. The lowest BCUT2D eigenvalue weighted by molar-refractivity contribution is -0.136. The third-order valence-electron chi connectivity index (χ3n) is 3.97. The first kappa shape index (κ1) is 11.9. The molecule has 0 radical (unpaired) electrons. The van der Waals surface area contributed by atoms with Crippen LogP contribution in [0.3, 0.4) is 0 Å². The molecule has 1 aliphatic carbocycles. The van der Waals surface area contributed by atoms with Gasteiger partial charge in [-0.05, 0) is 49.9 Å². The zero-order chi connectivity index (χ0) is 13.8. The summed E-state index contributed by atoms with van der Waals surface area (Å²) >= 11 is 0. The molecule has 98 valence electrons. The lowest BCUT2D eigenvalue weighted by Gasteiger charge is -2.30. The van der Waals surface area contributed by atoms with Crippen LogP contribution < -0.4 is 10.2 Å². The molecule has 1 saturated heterocycles. The number of amides is 4. The molecule has 5 heteroatoms. The van der Waals surface area contributed by atoms with Crippen LogP contribution in [0.2, 0.25) is 0 Å². The van der Waals surface area contributed by atoms with Crippen LogP contribution in [0.1, 0.15) is 24.0 Å². The maximum Gasteiger partial charge on any atom is 0.335 e. The Morgan fingerprint density at radius 1 is 1.11 bits per heavy atom. The highest BCUT2D eigenvalue weighted by atomic mass is 16.2. The fourth-order valence-electron chi connectivity index (χ4n) is 2.34. The minimum atomic E-state index is -0.993. The lowest BCUT2D eigenvalue weighted by atomic mass is 10.0. The molecule has 1 N–H and O–H groups in total. The summed E-state index contributed by atoms with van der Waals surface area (Å²) in [7, 11) is 0. The van der Waals surface area contributed by atoms with Gasteiger partial charge in [-0.3, -0.25) is 14.9 Å². The van der Waals surface area contributed by atoms with Crippen LogP contribution in [0.25, 0.3) is 0 Å². The van der Waals surface area contributed by atoms with Crippen LogP contribution >= 0.6 is 0 Å². The number of benzene rings is 1. The molecule has 1 saturated carbocycles. The number of nitrogens with zero attached hydrogens (tertiary/aromatic N) is 1. The largest absolute Gasteiger partial charge is 0.335 e. The number of rotatable bonds is 1. The van der Waals surface area contributed by atoms with Gasteiger partial charge in [-0.15, -0.1) is 0 Å². The van der Waals surface area contributed by atoms with E-state index in [1.54, 1.807) is 12.1 Å². The van der Waals surface area contributed by atoms with Crippen LogP contribution in [0.4, 0.5) is 10.5 Å². The van der Waals surface area contributed by atoms with Gasteiger partial charge in [0.2, 0.25) is 5.91 Å². The number of carbonyl (C=O) groups excluding carboxylic acids is 3. The van der Waals surface area contributed by atoms with E-state index in [1.807, 2.05) is 19.9 Å². The molecule has 2 aliphatic rings. The van der Waals surface area contributed by atoms with Gasteiger partial charge >= 0.3 is 6.03 Å². The maximum atomic E-state index is 12.4. The Kier molecular flexibility index (Phi) is 2.29. The van der Waals surface area contributed by atoms with Gasteiger partial charge in [0.15, 0.2) is 0 Å². The van der Waals surface area contributed by atoms with Crippen molar-refractivity contribution >= 4 is 23.5 Å². The van der Waals surface area contributed by atoms with Gasteiger partial charge in [-0.1, -0.05) is 6.07 Å². The topological polar surface area (TPSA) is 66.5 Å². The van der Waals surface area contributed by atoms with Crippen LogP contribution in [0.15, 0.2) is 18.2 Å². The number of hydrogen-bond donors (Lipinski definition) is 1. The number of imide groups is 2. The molecule has 4 amide bonds. The minimum Gasteiger partial charge on any atom is -0.276 e. The Labute approximate surface area is 110 Å². The highest BCUT2D eigenvalue weighted by molar-refractivity contribution is 6.31. The standard InChI is InChI=1S/C14H14N2O3/c1-8-3-4-10(7-9(8)2)16-12(18)14(5-6-14)11(17)15-13(16)19/h3-4,7H,5-6H2,1-2H3,(H,15,17,19). The highest BCUT2D eigenvalue weighted by Gasteiger charge is 2.62. The van der Waals surface area contributed by atoms with Crippen molar-refractivity contribution in [1.29, 1.82) is 0 Å². The average molecular weight is 258 g/mol. The summed E-state index contributed by atoms with van der Waals surface area (Å²) in [6.07, 6.45) is 1.04. The maximum absolute atomic E-state index is 12.4. The number of carbonyl (C=O) groups is 3. The molecule has 0 aromatic heterocycles. The summed E-state index contributed by atoms with van der Waals surface area (Å²) in [6, 6.07) is 4.72. The molecular formula is C14H14N2O3. The van der Waals surface area contributed by atoms with Gasteiger partial charge in [0, 0.05) is 0 Å². The normalized spacial score (nSPS) is 20.7. The summed E-state index contributed by atoms with van der Waals surface area (Å²) in [4.78, 5) is 37.1. The van der Waals surface area contributed by atoms with E-state index >= 15 is 0 Å². The number of nitrogens with one attached hydrogen (secondary N) is 1. The van der Waals surface area contributed by atoms with E-state index < -0.39 is 23.3 Å². The number of anilines is 1. The first-order valence-corrected chi connectivity index (χ1v) is 6.23. The summed E-state index contributed by atoms with van der Waals surface area (Å²) in [5.74, 6) is -0.855. The van der Waals surface area contributed by atoms with Crippen molar-refractivity contribution in [3.63, 3.8) is 0 Å².